The van der Waals surface area contributed by atoms with Crippen molar-refractivity contribution in [3.8, 4) is 0 Å². The molecule has 1 aliphatic carbocycles. The average Bonchev–Trinajstić information content (AvgIpc) is 3.30. The monoisotopic (exact) mass is 280 g/mol. The quantitative estimate of drug-likeness (QED) is 0.902. The van der Waals surface area contributed by atoms with Crippen LogP contribution in [-0.2, 0) is 10.2 Å². The number of nitrogens with two attached hydrogens (primary N) is 1. The van der Waals surface area contributed by atoms with Gasteiger partial charge in [0.15, 0.2) is 0 Å². The Balaban J connectivity index is 1.85. The van der Waals surface area contributed by atoms with Gasteiger partial charge >= 0.3 is 0 Å². The molecule has 3 nitrogen and oxygen atoms in total. The summed E-state index contributed by atoms with van der Waals surface area (Å²) in [6.07, 6.45) is 1.81. The fourth-order valence-electron chi connectivity index (χ4n) is 2.78. The molecule has 1 aliphatic rings. The lowest BCUT2D eigenvalue weighted by Crippen LogP contribution is -2.28. The maximum Gasteiger partial charge on any atom is 0.235 e. The molecule has 0 aromatic heterocycles. The average molecular weight is 280 g/mol. The van der Waals surface area contributed by atoms with Crippen LogP contribution in [-0.4, -0.2) is 5.91 Å². The van der Waals surface area contributed by atoms with Crippen LogP contribution in [0.5, 0.6) is 0 Å². The molecule has 108 valence electrons. The Labute approximate surface area is 125 Å². The van der Waals surface area contributed by atoms with Crippen molar-refractivity contribution in [3.63, 3.8) is 0 Å². The summed E-state index contributed by atoms with van der Waals surface area (Å²) in [5, 5.41) is 3.07. The number of hydrogen-bond donors (Lipinski definition) is 2. The van der Waals surface area contributed by atoms with Crippen LogP contribution in [0.15, 0.2) is 54.6 Å². The molecule has 0 radical (unpaired) electrons. The first-order valence-corrected chi connectivity index (χ1v) is 7.35. The van der Waals surface area contributed by atoms with E-state index in [0.29, 0.717) is 0 Å². The minimum Gasteiger partial charge on any atom is -0.325 e. The van der Waals surface area contributed by atoms with Crippen LogP contribution in [0.2, 0.25) is 0 Å². The molecule has 2 aromatic rings. The van der Waals surface area contributed by atoms with Crippen LogP contribution in [0, 0.1) is 0 Å². The van der Waals surface area contributed by atoms with E-state index in [0.717, 1.165) is 29.7 Å². The zero-order valence-electron chi connectivity index (χ0n) is 12.2. The molecular weight excluding hydrogens is 260 g/mol. The van der Waals surface area contributed by atoms with E-state index >= 15 is 0 Å². The molecular formula is C18H20N2O. The molecule has 3 N–H and O–H groups in total. The third kappa shape index (κ3) is 2.57. The lowest BCUT2D eigenvalue weighted by atomic mass is 9.94. The van der Waals surface area contributed by atoms with Gasteiger partial charge in [0.05, 0.1) is 5.41 Å². The molecule has 0 saturated heterocycles. The summed E-state index contributed by atoms with van der Waals surface area (Å²) in [6.45, 7) is 1.93. The highest BCUT2D eigenvalue weighted by molar-refractivity contribution is 6.01. The largest absolute Gasteiger partial charge is 0.325 e. The van der Waals surface area contributed by atoms with E-state index in [1.165, 1.54) is 0 Å². The van der Waals surface area contributed by atoms with E-state index in [1.54, 1.807) is 0 Å². The number of para-hydroxylation sites is 1. The summed E-state index contributed by atoms with van der Waals surface area (Å²) in [6, 6.07) is 17.6. The molecule has 3 heteroatoms. The van der Waals surface area contributed by atoms with Gasteiger partial charge in [0, 0.05) is 11.7 Å². The molecule has 0 aliphatic heterocycles. The van der Waals surface area contributed by atoms with Crippen molar-refractivity contribution in [2.24, 2.45) is 5.73 Å². The van der Waals surface area contributed by atoms with Crippen LogP contribution in [0.4, 0.5) is 5.69 Å². The van der Waals surface area contributed by atoms with Crippen molar-refractivity contribution in [3.05, 3.63) is 65.7 Å². The number of rotatable bonds is 4. The van der Waals surface area contributed by atoms with Crippen molar-refractivity contribution < 1.29 is 4.79 Å². The number of carbonyl (C=O) groups excluding carboxylic acids is 1. The standard InChI is InChI=1S/C18H20N2O/c1-13(19)15-9-5-6-10-16(15)20-17(21)18(11-12-18)14-7-3-2-4-8-14/h2-10,13H,11-12,19H2,1H3,(H,20,21). The van der Waals surface area contributed by atoms with Crippen molar-refractivity contribution in [1.29, 1.82) is 0 Å². The summed E-state index contributed by atoms with van der Waals surface area (Å²) in [5.41, 5.74) is 8.50. The molecule has 1 fully saturated rings. The summed E-state index contributed by atoms with van der Waals surface area (Å²) in [5.74, 6) is 0.0711. The number of benzene rings is 2. The molecule has 0 heterocycles. The summed E-state index contributed by atoms with van der Waals surface area (Å²) < 4.78 is 0. The highest BCUT2D eigenvalue weighted by atomic mass is 16.2. The van der Waals surface area contributed by atoms with Gasteiger partial charge in [-0.1, -0.05) is 48.5 Å². The molecule has 1 amide bonds. The third-order valence-electron chi connectivity index (χ3n) is 4.21. The molecule has 0 spiro atoms. The fourth-order valence-corrected chi connectivity index (χ4v) is 2.78. The van der Waals surface area contributed by atoms with E-state index in [2.05, 4.69) is 5.32 Å². The van der Waals surface area contributed by atoms with Crippen molar-refractivity contribution in [1.82, 2.24) is 0 Å². The number of carbonyl (C=O) groups is 1. The Hall–Kier alpha value is -2.13. The van der Waals surface area contributed by atoms with Crippen LogP contribution in [0.25, 0.3) is 0 Å². The van der Waals surface area contributed by atoms with Crippen LogP contribution >= 0.6 is 0 Å². The predicted molar refractivity (Wildman–Crippen MR) is 85.0 cm³/mol. The summed E-state index contributed by atoms with van der Waals surface area (Å²) in [4.78, 5) is 12.7. The number of amides is 1. The van der Waals surface area contributed by atoms with E-state index < -0.39 is 0 Å². The van der Waals surface area contributed by atoms with Gasteiger partial charge in [0.1, 0.15) is 0 Å². The Bertz CT molecular complexity index is 645. The van der Waals surface area contributed by atoms with Gasteiger partial charge in [0.2, 0.25) is 5.91 Å². The van der Waals surface area contributed by atoms with Crippen molar-refractivity contribution in [2.75, 3.05) is 5.32 Å². The summed E-state index contributed by atoms with van der Waals surface area (Å²) in [7, 11) is 0. The molecule has 1 unspecified atom stereocenters. The number of hydrogen-bond acceptors (Lipinski definition) is 2. The predicted octanol–water partition coefficient (Wildman–Crippen LogP) is 3.38. The van der Waals surface area contributed by atoms with E-state index in [9.17, 15) is 4.79 Å². The zero-order valence-corrected chi connectivity index (χ0v) is 12.2. The summed E-state index contributed by atoms with van der Waals surface area (Å²) >= 11 is 0. The van der Waals surface area contributed by atoms with Crippen molar-refractivity contribution >= 4 is 11.6 Å². The lowest BCUT2D eigenvalue weighted by molar-refractivity contribution is -0.118. The van der Waals surface area contributed by atoms with Crippen LogP contribution in [0.1, 0.15) is 36.9 Å². The minimum atomic E-state index is -0.355. The molecule has 3 rings (SSSR count). The van der Waals surface area contributed by atoms with E-state index in [-0.39, 0.29) is 17.4 Å². The Kier molecular flexibility index (Phi) is 3.52. The highest BCUT2D eigenvalue weighted by Crippen LogP contribution is 2.49. The second-order valence-corrected chi connectivity index (χ2v) is 5.78. The molecule has 0 bridgehead atoms. The molecule has 21 heavy (non-hydrogen) atoms. The maximum atomic E-state index is 12.7. The molecule has 1 atom stereocenters. The van der Waals surface area contributed by atoms with E-state index in [1.807, 2.05) is 61.5 Å². The highest BCUT2D eigenvalue weighted by Gasteiger charge is 2.51. The zero-order chi connectivity index (χ0) is 14.9. The second-order valence-electron chi connectivity index (χ2n) is 5.78. The van der Waals surface area contributed by atoms with E-state index in [4.69, 9.17) is 5.73 Å². The smallest absolute Gasteiger partial charge is 0.235 e. The van der Waals surface area contributed by atoms with Gasteiger partial charge in [-0.2, -0.15) is 0 Å². The fraction of sp³-hybridized carbons (Fsp3) is 0.278. The van der Waals surface area contributed by atoms with Gasteiger partial charge in [-0.15, -0.1) is 0 Å². The van der Waals surface area contributed by atoms with Gasteiger partial charge in [-0.25, -0.2) is 0 Å². The normalized spacial score (nSPS) is 17.0. The first kappa shape index (κ1) is 13.8. The van der Waals surface area contributed by atoms with Crippen molar-refractivity contribution in [2.45, 2.75) is 31.2 Å². The molecule has 2 aromatic carbocycles. The topological polar surface area (TPSA) is 55.1 Å². The van der Waals surface area contributed by atoms with Gasteiger partial charge < -0.3 is 11.1 Å². The molecule has 1 saturated carbocycles. The lowest BCUT2D eigenvalue weighted by Gasteiger charge is -2.18. The Morgan fingerprint density at radius 2 is 1.71 bits per heavy atom. The van der Waals surface area contributed by atoms with Crippen LogP contribution in [0.3, 0.4) is 0 Å². The maximum absolute atomic E-state index is 12.7. The Morgan fingerprint density at radius 1 is 1.10 bits per heavy atom. The van der Waals surface area contributed by atoms with Crippen LogP contribution < -0.4 is 11.1 Å². The van der Waals surface area contributed by atoms with Gasteiger partial charge in [-0.3, -0.25) is 4.79 Å². The Morgan fingerprint density at radius 3 is 2.33 bits per heavy atom. The third-order valence-corrected chi connectivity index (χ3v) is 4.21. The van der Waals surface area contributed by atoms with Gasteiger partial charge in [0.25, 0.3) is 0 Å². The minimum absolute atomic E-state index is 0.0711. The number of nitrogens with one attached hydrogen (secondary N) is 1. The number of anilines is 1. The SMILES string of the molecule is CC(N)c1ccccc1NC(=O)C1(c2ccccc2)CC1. The first-order chi connectivity index (χ1) is 10.1. The second kappa shape index (κ2) is 5.34. The first-order valence-electron chi connectivity index (χ1n) is 7.35. The van der Waals surface area contributed by atoms with Gasteiger partial charge in [-0.05, 0) is 37.0 Å².